The average molecular weight is 146 g/mol. The molecule has 0 aliphatic heterocycles. The van der Waals surface area contributed by atoms with Crippen LogP contribution in [0.1, 0.15) is 6.92 Å². The second kappa shape index (κ2) is 4.89. The number of hydrogen-bond acceptors (Lipinski definition) is 4. The maximum absolute atomic E-state index is 10.5. The number of ketones is 1. The van der Waals surface area contributed by atoms with Gasteiger partial charge in [0.05, 0.1) is 13.1 Å². The van der Waals surface area contributed by atoms with Crippen molar-refractivity contribution in [2.75, 3.05) is 13.1 Å². The van der Waals surface area contributed by atoms with Crippen LogP contribution in [0.25, 0.3) is 0 Å². The topological polar surface area (TPSA) is 78.4 Å². The van der Waals surface area contributed by atoms with E-state index >= 15 is 0 Å². The summed E-state index contributed by atoms with van der Waals surface area (Å²) in [5.41, 5.74) is 1.67. The zero-order chi connectivity index (χ0) is 7.98. The highest BCUT2D eigenvalue weighted by Gasteiger charge is 1.98. The first kappa shape index (κ1) is 9.06. The number of nitrogens with one attached hydrogen (secondary N) is 2. The molecule has 5 nitrogen and oxygen atoms in total. The zero-order valence-corrected chi connectivity index (χ0v) is 5.68. The minimum absolute atomic E-state index is 0.0144. The molecule has 0 saturated heterocycles. The molecule has 0 fully saturated rings. The third-order valence-electron chi connectivity index (χ3n) is 0.774. The number of amides is 1. The van der Waals surface area contributed by atoms with Gasteiger partial charge in [-0.3, -0.25) is 9.59 Å². The highest BCUT2D eigenvalue weighted by atomic mass is 16.5. The van der Waals surface area contributed by atoms with Crippen LogP contribution in [0.3, 0.4) is 0 Å². The number of Topliss-reactive ketones (excluding diaryl/α,β-unsaturated/α-hetero) is 1. The number of hydroxylamine groups is 1. The van der Waals surface area contributed by atoms with Gasteiger partial charge in [0, 0.05) is 0 Å². The van der Waals surface area contributed by atoms with Crippen LogP contribution < -0.4 is 10.8 Å². The van der Waals surface area contributed by atoms with Crippen molar-refractivity contribution in [1.29, 1.82) is 0 Å². The minimum atomic E-state index is -0.405. The highest BCUT2D eigenvalue weighted by molar-refractivity contribution is 5.85. The van der Waals surface area contributed by atoms with Crippen LogP contribution in [0.2, 0.25) is 0 Å². The molecule has 1 amide bonds. The SMILES string of the molecule is CC(=O)CNC(=O)CNO. The molecule has 0 rings (SSSR count). The van der Waals surface area contributed by atoms with E-state index in [2.05, 4.69) is 5.32 Å². The number of carbonyl (C=O) groups is 2. The minimum Gasteiger partial charge on any atom is -0.348 e. The van der Waals surface area contributed by atoms with Crippen LogP contribution in [0.5, 0.6) is 0 Å². The summed E-state index contributed by atoms with van der Waals surface area (Å²) in [5, 5.41) is 10.3. The molecule has 0 aromatic heterocycles. The Balaban J connectivity index is 3.30. The summed E-state index contributed by atoms with van der Waals surface area (Å²) in [6.45, 7) is 1.19. The monoisotopic (exact) mass is 146 g/mol. The van der Waals surface area contributed by atoms with Crippen molar-refractivity contribution in [2.45, 2.75) is 6.92 Å². The molecule has 0 aromatic carbocycles. The van der Waals surface area contributed by atoms with Gasteiger partial charge in [0.2, 0.25) is 5.91 Å². The first-order chi connectivity index (χ1) is 4.66. The standard InChI is InChI=1S/C5H10N2O3/c1-4(8)2-6-5(9)3-7-10/h7,10H,2-3H2,1H3,(H,6,9). The van der Waals surface area contributed by atoms with E-state index in [1.165, 1.54) is 6.92 Å². The van der Waals surface area contributed by atoms with Gasteiger partial charge in [-0.05, 0) is 6.92 Å². The van der Waals surface area contributed by atoms with Crippen LogP contribution in [0.4, 0.5) is 0 Å². The maximum Gasteiger partial charge on any atom is 0.236 e. The third-order valence-corrected chi connectivity index (χ3v) is 0.774. The van der Waals surface area contributed by atoms with Crippen molar-refractivity contribution in [3.63, 3.8) is 0 Å². The van der Waals surface area contributed by atoms with Gasteiger partial charge in [-0.15, -0.1) is 0 Å². The average Bonchev–Trinajstić information content (AvgIpc) is 1.85. The summed E-state index contributed by atoms with van der Waals surface area (Å²) in [4.78, 5) is 20.7. The molecule has 0 bridgehead atoms. The fraction of sp³-hybridized carbons (Fsp3) is 0.600. The van der Waals surface area contributed by atoms with Gasteiger partial charge in [-0.1, -0.05) is 0 Å². The largest absolute Gasteiger partial charge is 0.348 e. The van der Waals surface area contributed by atoms with E-state index in [4.69, 9.17) is 5.21 Å². The Kier molecular flexibility index (Phi) is 4.43. The second-order valence-electron chi connectivity index (χ2n) is 1.81. The first-order valence-electron chi connectivity index (χ1n) is 2.80. The molecule has 0 spiro atoms. The number of carbonyl (C=O) groups excluding carboxylic acids is 2. The van der Waals surface area contributed by atoms with Crippen molar-refractivity contribution >= 4 is 11.7 Å². The summed E-state index contributed by atoms with van der Waals surface area (Å²) in [6.07, 6.45) is 0. The molecule has 0 radical (unpaired) electrons. The lowest BCUT2D eigenvalue weighted by Gasteiger charge is -1.99. The molecule has 58 valence electrons. The number of rotatable bonds is 4. The molecule has 0 heterocycles. The van der Waals surface area contributed by atoms with Crippen LogP contribution in [-0.2, 0) is 9.59 Å². The van der Waals surface area contributed by atoms with Gasteiger partial charge in [0.15, 0.2) is 0 Å². The van der Waals surface area contributed by atoms with E-state index in [0.29, 0.717) is 0 Å². The van der Waals surface area contributed by atoms with E-state index in [9.17, 15) is 9.59 Å². The van der Waals surface area contributed by atoms with Gasteiger partial charge < -0.3 is 10.5 Å². The van der Waals surface area contributed by atoms with Gasteiger partial charge in [-0.25, -0.2) is 0 Å². The maximum atomic E-state index is 10.5. The molecule has 3 N–H and O–H groups in total. The molecular formula is C5H10N2O3. The predicted octanol–water partition coefficient (Wildman–Crippen LogP) is -1.33. The van der Waals surface area contributed by atoms with Crippen molar-refractivity contribution in [3.05, 3.63) is 0 Å². The summed E-state index contributed by atoms with van der Waals surface area (Å²) in [5.74, 6) is -0.524. The summed E-state index contributed by atoms with van der Waals surface area (Å²) in [7, 11) is 0. The van der Waals surface area contributed by atoms with Crippen molar-refractivity contribution < 1.29 is 14.8 Å². The van der Waals surface area contributed by atoms with Crippen LogP contribution in [0, 0.1) is 0 Å². The van der Waals surface area contributed by atoms with E-state index in [-0.39, 0.29) is 18.9 Å². The third kappa shape index (κ3) is 5.20. The van der Waals surface area contributed by atoms with Crippen molar-refractivity contribution in [2.24, 2.45) is 0 Å². The summed E-state index contributed by atoms with van der Waals surface area (Å²) < 4.78 is 0. The quantitative estimate of drug-likeness (QED) is 0.429. The van der Waals surface area contributed by atoms with E-state index in [1.54, 1.807) is 5.48 Å². The van der Waals surface area contributed by atoms with E-state index in [1.807, 2.05) is 0 Å². The van der Waals surface area contributed by atoms with E-state index in [0.717, 1.165) is 0 Å². The first-order valence-corrected chi connectivity index (χ1v) is 2.80. The van der Waals surface area contributed by atoms with Gasteiger partial charge in [0.1, 0.15) is 5.78 Å². The van der Waals surface area contributed by atoms with Crippen LogP contribution >= 0.6 is 0 Å². The molecule has 0 atom stereocenters. The Hall–Kier alpha value is -0.940. The molecule has 0 aliphatic carbocycles. The van der Waals surface area contributed by atoms with Gasteiger partial charge >= 0.3 is 0 Å². The summed E-state index contributed by atoms with van der Waals surface area (Å²) in [6, 6.07) is 0. The van der Waals surface area contributed by atoms with E-state index < -0.39 is 5.91 Å². The second-order valence-corrected chi connectivity index (χ2v) is 1.81. The predicted molar refractivity (Wildman–Crippen MR) is 33.5 cm³/mol. The lowest BCUT2D eigenvalue weighted by atomic mass is 10.4. The lowest BCUT2D eigenvalue weighted by molar-refractivity contribution is -0.124. The van der Waals surface area contributed by atoms with Crippen molar-refractivity contribution in [3.8, 4) is 0 Å². The Morgan fingerprint density at radius 1 is 1.40 bits per heavy atom. The van der Waals surface area contributed by atoms with Crippen molar-refractivity contribution in [1.82, 2.24) is 10.8 Å². The normalized spacial score (nSPS) is 9.00. The lowest BCUT2D eigenvalue weighted by Crippen LogP contribution is -2.35. The molecule has 10 heavy (non-hydrogen) atoms. The molecule has 0 aliphatic rings. The smallest absolute Gasteiger partial charge is 0.236 e. The zero-order valence-electron chi connectivity index (χ0n) is 5.68. The fourth-order valence-corrected chi connectivity index (χ4v) is 0.357. The fourth-order valence-electron chi connectivity index (χ4n) is 0.357. The Bertz CT molecular complexity index is 135. The van der Waals surface area contributed by atoms with Crippen LogP contribution in [0.15, 0.2) is 0 Å². The molecule has 0 unspecified atom stereocenters. The molecule has 5 heteroatoms. The molecular weight excluding hydrogens is 136 g/mol. The van der Waals surface area contributed by atoms with Gasteiger partial charge in [0.25, 0.3) is 0 Å². The molecule has 0 aromatic rings. The molecule has 0 saturated carbocycles. The summed E-state index contributed by atoms with van der Waals surface area (Å²) >= 11 is 0. The number of hydrogen-bond donors (Lipinski definition) is 3. The Morgan fingerprint density at radius 3 is 2.40 bits per heavy atom. The van der Waals surface area contributed by atoms with Gasteiger partial charge in [-0.2, -0.15) is 5.48 Å². The highest BCUT2D eigenvalue weighted by Crippen LogP contribution is 1.65. The Labute approximate surface area is 58.4 Å². The van der Waals surface area contributed by atoms with Crippen LogP contribution in [-0.4, -0.2) is 30.0 Å². The Morgan fingerprint density at radius 2 is 2.00 bits per heavy atom.